The van der Waals surface area contributed by atoms with E-state index in [0.717, 1.165) is 12.8 Å². The minimum atomic E-state index is -0.0746. The summed E-state index contributed by atoms with van der Waals surface area (Å²) in [6.45, 7) is 6.08. The average Bonchev–Trinajstić information content (AvgIpc) is 2.73. The second kappa shape index (κ2) is 5.21. The fourth-order valence-electron chi connectivity index (χ4n) is 1.80. The highest BCUT2D eigenvalue weighted by molar-refractivity contribution is 5.24. The number of aryl methyl sites for hydroxylation is 2. The lowest BCUT2D eigenvalue weighted by Gasteiger charge is -2.24. The highest BCUT2D eigenvalue weighted by Crippen LogP contribution is 2.19. The normalized spacial score (nSPS) is 11.5. The molecule has 0 aliphatic rings. The van der Waals surface area contributed by atoms with Gasteiger partial charge in [-0.15, -0.1) is 0 Å². The minimum absolute atomic E-state index is 0.0746. The minimum Gasteiger partial charge on any atom is -0.333 e. The molecule has 4 heteroatoms. The molecule has 2 rings (SSSR count). The van der Waals surface area contributed by atoms with Crippen molar-refractivity contribution < 1.29 is 4.52 Å². The van der Waals surface area contributed by atoms with E-state index in [0.29, 0.717) is 11.8 Å². The van der Waals surface area contributed by atoms with Crippen molar-refractivity contribution in [3.05, 3.63) is 41.7 Å². The molecule has 1 aromatic heterocycles. The van der Waals surface area contributed by atoms with Gasteiger partial charge >= 0.3 is 6.01 Å². The second-order valence-electron chi connectivity index (χ2n) is 5.14. The molecule has 4 nitrogen and oxygen atoms in total. The van der Waals surface area contributed by atoms with Gasteiger partial charge in [-0.05, 0) is 39.2 Å². The molecule has 0 fully saturated rings. The maximum absolute atomic E-state index is 5.08. The molecule has 0 spiro atoms. The number of hydrogen-bond acceptors (Lipinski definition) is 4. The lowest BCUT2D eigenvalue weighted by atomic mass is 9.95. The monoisotopic (exact) mass is 245 g/mol. The van der Waals surface area contributed by atoms with Crippen molar-refractivity contribution in [2.45, 2.75) is 39.2 Å². The van der Waals surface area contributed by atoms with Crippen molar-refractivity contribution in [2.75, 3.05) is 5.32 Å². The van der Waals surface area contributed by atoms with Crippen molar-refractivity contribution in [2.24, 2.45) is 0 Å². The van der Waals surface area contributed by atoms with Gasteiger partial charge in [0.05, 0.1) is 0 Å². The van der Waals surface area contributed by atoms with Crippen LogP contribution < -0.4 is 5.32 Å². The van der Waals surface area contributed by atoms with Gasteiger partial charge < -0.3 is 9.84 Å². The SMILES string of the molecule is Cc1noc(NC(C)(C)CCc2ccccc2)n1. The van der Waals surface area contributed by atoms with Gasteiger partial charge in [0, 0.05) is 5.54 Å². The Morgan fingerprint density at radius 2 is 1.94 bits per heavy atom. The molecule has 0 radical (unpaired) electrons. The molecule has 1 heterocycles. The summed E-state index contributed by atoms with van der Waals surface area (Å²) in [4.78, 5) is 4.16. The van der Waals surface area contributed by atoms with Crippen LogP contribution in [0.4, 0.5) is 6.01 Å². The Kier molecular flexibility index (Phi) is 3.65. The van der Waals surface area contributed by atoms with Gasteiger partial charge in [-0.2, -0.15) is 4.98 Å². The van der Waals surface area contributed by atoms with Crippen LogP contribution in [0.2, 0.25) is 0 Å². The molecule has 18 heavy (non-hydrogen) atoms. The molecule has 0 aliphatic carbocycles. The Morgan fingerprint density at radius 3 is 2.56 bits per heavy atom. The van der Waals surface area contributed by atoms with Crippen molar-refractivity contribution >= 4 is 6.01 Å². The molecule has 1 N–H and O–H groups in total. The third kappa shape index (κ3) is 3.58. The number of nitrogens with one attached hydrogen (secondary N) is 1. The number of hydrogen-bond donors (Lipinski definition) is 1. The van der Waals surface area contributed by atoms with Crippen LogP contribution in [-0.2, 0) is 6.42 Å². The maximum atomic E-state index is 5.08. The Labute approximate surface area is 107 Å². The fraction of sp³-hybridized carbons (Fsp3) is 0.429. The molecule has 0 saturated heterocycles. The summed E-state index contributed by atoms with van der Waals surface area (Å²) in [6, 6.07) is 11.0. The summed E-state index contributed by atoms with van der Waals surface area (Å²) in [5, 5.41) is 7.04. The van der Waals surface area contributed by atoms with Gasteiger partial charge in [-0.1, -0.05) is 35.5 Å². The average molecular weight is 245 g/mol. The topological polar surface area (TPSA) is 51.0 Å². The quantitative estimate of drug-likeness (QED) is 0.878. The molecule has 0 unspecified atom stereocenters. The number of anilines is 1. The third-order valence-electron chi connectivity index (χ3n) is 2.85. The first kappa shape index (κ1) is 12.6. The van der Waals surface area contributed by atoms with Crippen LogP contribution in [0.25, 0.3) is 0 Å². The van der Waals surface area contributed by atoms with Crippen LogP contribution >= 0.6 is 0 Å². The molecule has 96 valence electrons. The van der Waals surface area contributed by atoms with Crippen molar-refractivity contribution in [1.29, 1.82) is 0 Å². The first-order valence-electron chi connectivity index (χ1n) is 6.18. The molecule has 0 saturated carbocycles. The number of nitrogens with zero attached hydrogens (tertiary/aromatic N) is 2. The zero-order valence-electron chi connectivity index (χ0n) is 11.1. The van der Waals surface area contributed by atoms with Gasteiger partial charge in [0.25, 0.3) is 0 Å². The zero-order valence-corrected chi connectivity index (χ0v) is 11.1. The van der Waals surface area contributed by atoms with Crippen LogP contribution in [0, 0.1) is 6.92 Å². The lowest BCUT2D eigenvalue weighted by Crippen LogP contribution is -2.31. The first-order chi connectivity index (χ1) is 8.55. The number of rotatable bonds is 5. The summed E-state index contributed by atoms with van der Waals surface area (Å²) < 4.78 is 5.08. The van der Waals surface area contributed by atoms with Gasteiger partial charge in [-0.3, -0.25) is 0 Å². The van der Waals surface area contributed by atoms with Crippen LogP contribution in [0.3, 0.4) is 0 Å². The smallest absolute Gasteiger partial charge is 0.321 e. The number of aromatic nitrogens is 2. The van der Waals surface area contributed by atoms with Crippen molar-refractivity contribution in [1.82, 2.24) is 10.1 Å². The molecule has 1 aromatic carbocycles. The van der Waals surface area contributed by atoms with Gasteiger partial charge in [-0.25, -0.2) is 0 Å². The van der Waals surface area contributed by atoms with Gasteiger partial charge in [0.1, 0.15) is 0 Å². The van der Waals surface area contributed by atoms with E-state index in [-0.39, 0.29) is 5.54 Å². The van der Waals surface area contributed by atoms with Crippen molar-refractivity contribution in [3.8, 4) is 0 Å². The summed E-state index contributed by atoms with van der Waals surface area (Å²) in [6.07, 6.45) is 2.02. The Morgan fingerprint density at radius 1 is 1.22 bits per heavy atom. The van der Waals surface area contributed by atoms with E-state index in [1.165, 1.54) is 5.56 Å². The fourth-order valence-corrected chi connectivity index (χ4v) is 1.80. The second-order valence-corrected chi connectivity index (χ2v) is 5.14. The number of benzene rings is 1. The first-order valence-corrected chi connectivity index (χ1v) is 6.18. The molecule has 0 bridgehead atoms. The lowest BCUT2D eigenvalue weighted by molar-refractivity contribution is 0.405. The van der Waals surface area contributed by atoms with Crippen molar-refractivity contribution in [3.63, 3.8) is 0 Å². The van der Waals surface area contributed by atoms with E-state index in [2.05, 4.69) is 53.6 Å². The van der Waals surface area contributed by atoms with Crippen LogP contribution in [0.5, 0.6) is 0 Å². The predicted molar refractivity (Wildman–Crippen MR) is 71.5 cm³/mol. The highest BCUT2D eigenvalue weighted by Gasteiger charge is 2.19. The summed E-state index contributed by atoms with van der Waals surface area (Å²) in [7, 11) is 0. The maximum Gasteiger partial charge on any atom is 0.321 e. The highest BCUT2D eigenvalue weighted by atomic mass is 16.5. The van der Waals surface area contributed by atoms with Crippen LogP contribution in [0.1, 0.15) is 31.7 Å². The van der Waals surface area contributed by atoms with Crippen LogP contribution in [-0.4, -0.2) is 15.7 Å². The molecule has 0 atom stereocenters. The largest absolute Gasteiger partial charge is 0.333 e. The Balaban J connectivity index is 1.91. The Hall–Kier alpha value is -1.84. The van der Waals surface area contributed by atoms with Gasteiger partial charge in [0.2, 0.25) is 0 Å². The van der Waals surface area contributed by atoms with E-state index in [1.807, 2.05) is 13.0 Å². The summed E-state index contributed by atoms with van der Waals surface area (Å²) >= 11 is 0. The van der Waals surface area contributed by atoms with Gasteiger partial charge in [0.15, 0.2) is 5.82 Å². The molecular weight excluding hydrogens is 226 g/mol. The summed E-state index contributed by atoms with van der Waals surface area (Å²) in [5.41, 5.74) is 1.27. The predicted octanol–water partition coefficient (Wildman–Crippen LogP) is 3.20. The molecule has 0 aliphatic heterocycles. The van der Waals surface area contributed by atoms with E-state index in [1.54, 1.807) is 0 Å². The standard InChI is InChI=1S/C14H19N3O/c1-11-15-13(18-17-11)16-14(2,3)10-9-12-7-5-4-6-8-12/h4-8H,9-10H2,1-3H3,(H,15,16,17). The molecular formula is C14H19N3O. The van der Waals surface area contributed by atoms with E-state index in [4.69, 9.17) is 4.52 Å². The zero-order chi connectivity index (χ0) is 13.0. The van der Waals surface area contributed by atoms with E-state index < -0.39 is 0 Å². The Bertz CT molecular complexity index is 491. The molecule has 2 aromatic rings. The van der Waals surface area contributed by atoms with E-state index >= 15 is 0 Å². The summed E-state index contributed by atoms with van der Waals surface area (Å²) in [5.74, 6) is 0.649. The van der Waals surface area contributed by atoms with E-state index in [9.17, 15) is 0 Å². The van der Waals surface area contributed by atoms with Crippen LogP contribution in [0.15, 0.2) is 34.9 Å². The third-order valence-corrected chi connectivity index (χ3v) is 2.85. The molecule has 0 amide bonds.